The second-order valence-corrected chi connectivity index (χ2v) is 4.70. The fraction of sp³-hybridized carbons (Fsp3) is 0.625. The summed E-state index contributed by atoms with van der Waals surface area (Å²) in [4.78, 5) is 0. The first-order valence-corrected chi connectivity index (χ1v) is 7.12. The predicted molar refractivity (Wildman–Crippen MR) is 82.4 cm³/mol. The summed E-state index contributed by atoms with van der Waals surface area (Å²) < 4.78 is 0. The third-order valence-corrected chi connectivity index (χ3v) is 2.91. The summed E-state index contributed by atoms with van der Waals surface area (Å²) in [7, 11) is 0. The van der Waals surface area contributed by atoms with E-state index in [1.54, 1.807) is 0 Å². The van der Waals surface area contributed by atoms with Crippen molar-refractivity contribution in [3.05, 3.63) is 36.7 Å². The van der Waals surface area contributed by atoms with Crippen LogP contribution < -0.4 is 10.6 Å². The first-order valence-electron chi connectivity index (χ1n) is 7.12. The van der Waals surface area contributed by atoms with Crippen molar-refractivity contribution in [2.75, 3.05) is 13.1 Å². The molecule has 0 saturated heterocycles. The minimum Gasteiger partial charge on any atom is -0.363 e. The van der Waals surface area contributed by atoms with Gasteiger partial charge >= 0.3 is 0 Å². The Bertz CT molecular complexity index is 266. The molecule has 0 aromatic rings. The van der Waals surface area contributed by atoms with Gasteiger partial charge in [-0.1, -0.05) is 45.9 Å². The molecule has 0 radical (unpaired) electrons. The zero-order valence-corrected chi connectivity index (χ0v) is 12.4. The summed E-state index contributed by atoms with van der Waals surface area (Å²) in [6.45, 7) is 16.4. The van der Waals surface area contributed by atoms with Gasteiger partial charge in [-0.25, -0.2) is 0 Å². The Morgan fingerprint density at radius 3 is 2.56 bits per heavy atom. The van der Waals surface area contributed by atoms with E-state index in [1.165, 1.54) is 12.1 Å². The Morgan fingerprint density at radius 1 is 1.28 bits per heavy atom. The maximum Gasteiger partial charge on any atom is 0.0117 e. The van der Waals surface area contributed by atoms with Gasteiger partial charge in [0.15, 0.2) is 0 Å². The van der Waals surface area contributed by atoms with Crippen molar-refractivity contribution < 1.29 is 0 Å². The number of nitrogens with one attached hydrogen (secondary N) is 2. The van der Waals surface area contributed by atoms with Crippen LogP contribution in [0.4, 0.5) is 0 Å². The molecule has 18 heavy (non-hydrogen) atoms. The van der Waals surface area contributed by atoms with Gasteiger partial charge in [0.05, 0.1) is 0 Å². The molecule has 0 bridgehead atoms. The van der Waals surface area contributed by atoms with Gasteiger partial charge in [-0.15, -0.1) is 6.58 Å². The summed E-state index contributed by atoms with van der Waals surface area (Å²) in [5.74, 6) is 0.443. The van der Waals surface area contributed by atoms with E-state index in [4.69, 9.17) is 0 Å². The Balaban J connectivity index is 4.28. The van der Waals surface area contributed by atoms with Crippen molar-refractivity contribution >= 4 is 0 Å². The molecule has 0 aliphatic heterocycles. The minimum absolute atomic E-state index is 0.443. The molecule has 0 aromatic carbocycles. The van der Waals surface area contributed by atoms with Gasteiger partial charge in [0.1, 0.15) is 0 Å². The van der Waals surface area contributed by atoms with E-state index in [9.17, 15) is 0 Å². The molecule has 0 amide bonds. The van der Waals surface area contributed by atoms with Crippen LogP contribution in [0.15, 0.2) is 36.7 Å². The third kappa shape index (κ3) is 8.13. The summed E-state index contributed by atoms with van der Waals surface area (Å²) in [5.41, 5.74) is 2.38. The molecule has 1 unspecified atom stereocenters. The summed E-state index contributed by atoms with van der Waals surface area (Å²) >= 11 is 0. The van der Waals surface area contributed by atoms with Gasteiger partial charge < -0.3 is 10.6 Å². The Hall–Kier alpha value is -1.02. The summed E-state index contributed by atoms with van der Waals surface area (Å²) in [6.07, 6.45) is 8.59. The van der Waals surface area contributed by atoms with E-state index in [-0.39, 0.29) is 0 Å². The van der Waals surface area contributed by atoms with Crippen LogP contribution >= 0.6 is 0 Å². The highest BCUT2D eigenvalue weighted by atomic mass is 14.9. The van der Waals surface area contributed by atoms with Crippen molar-refractivity contribution in [1.29, 1.82) is 0 Å². The van der Waals surface area contributed by atoms with E-state index in [1.807, 2.05) is 6.08 Å². The maximum atomic E-state index is 4.15. The molecule has 0 aliphatic rings. The molecular weight excluding hydrogens is 220 g/mol. The SMILES string of the molecule is C=CCC/C(=C/CCC)NC(=C)C(C)CNCC. The van der Waals surface area contributed by atoms with Crippen LogP contribution in [0.1, 0.15) is 46.5 Å². The van der Waals surface area contributed by atoms with Gasteiger partial charge in [0.2, 0.25) is 0 Å². The zero-order valence-electron chi connectivity index (χ0n) is 12.4. The van der Waals surface area contributed by atoms with E-state index in [0.717, 1.165) is 38.0 Å². The van der Waals surface area contributed by atoms with Crippen molar-refractivity contribution in [2.24, 2.45) is 5.92 Å². The van der Waals surface area contributed by atoms with Crippen molar-refractivity contribution in [3.63, 3.8) is 0 Å². The van der Waals surface area contributed by atoms with Crippen LogP contribution in [0.5, 0.6) is 0 Å². The highest BCUT2D eigenvalue weighted by Crippen LogP contribution is 2.11. The quantitative estimate of drug-likeness (QED) is 0.542. The zero-order chi connectivity index (χ0) is 13.8. The van der Waals surface area contributed by atoms with Gasteiger partial charge in [0, 0.05) is 23.9 Å². The molecule has 1 atom stereocenters. The molecule has 0 aromatic heterocycles. The third-order valence-electron chi connectivity index (χ3n) is 2.91. The molecule has 0 aliphatic carbocycles. The normalized spacial score (nSPS) is 13.2. The van der Waals surface area contributed by atoms with Crippen LogP contribution in [0.25, 0.3) is 0 Å². The maximum absolute atomic E-state index is 4.15. The van der Waals surface area contributed by atoms with Crippen LogP contribution in [0, 0.1) is 5.92 Å². The predicted octanol–water partition coefficient (Wildman–Crippen LogP) is 3.99. The molecule has 0 fully saturated rings. The first kappa shape index (κ1) is 17.0. The number of rotatable bonds is 11. The van der Waals surface area contributed by atoms with Crippen LogP contribution in [-0.2, 0) is 0 Å². The molecule has 0 rings (SSSR count). The van der Waals surface area contributed by atoms with E-state index >= 15 is 0 Å². The molecule has 0 saturated carbocycles. The first-order chi connectivity index (χ1) is 8.65. The number of hydrogen-bond acceptors (Lipinski definition) is 2. The van der Waals surface area contributed by atoms with E-state index in [2.05, 4.69) is 50.6 Å². The van der Waals surface area contributed by atoms with E-state index < -0.39 is 0 Å². The largest absolute Gasteiger partial charge is 0.363 e. The van der Waals surface area contributed by atoms with Gasteiger partial charge in [-0.3, -0.25) is 0 Å². The molecular formula is C16H30N2. The van der Waals surface area contributed by atoms with Crippen LogP contribution in [0.2, 0.25) is 0 Å². The highest BCUT2D eigenvalue weighted by molar-refractivity contribution is 5.11. The van der Waals surface area contributed by atoms with Crippen molar-refractivity contribution in [1.82, 2.24) is 10.6 Å². The summed E-state index contributed by atoms with van der Waals surface area (Å²) in [6, 6.07) is 0. The van der Waals surface area contributed by atoms with E-state index in [0.29, 0.717) is 5.92 Å². The van der Waals surface area contributed by atoms with Crippen LogP contribution in [0.3, 0.4) is 0 Å². The average Bonchev–Trinajstić information content (AvgIpc) is 2.38. The lowest BCUT2D eigenvalue weighted by molar-refractivity contribution is 0.561. The Morgan fingerprint density at radius 2 is 2.00 bits per heavy atom. The molecule has 0 heterocycles. The number of hydrogen-bond donors (Lipinski definition) is 2. The second kappa shape index (κ2) is 11.1. The fourth-order valence-electron chi connectivity index (χ4n) is 1.61. The minimum atomic E-state index is 0.443. The van der Waals surface area contributed by atoms with Crippen molar-refractivity contribution in [3.8, 4) is 0 Å². The highest BCUT2D eigenvalue weighted by Gasteiger charge is 2.07. The summed E-state index contributed by atoms with van der Waals surface area (Å²) in [5, 5.41) is 6.83. The second-order valence-electron chi connectivity index (χ2n) is 4.70. The molecule has 0 spiro atoms. The average molecular weight is 250 g/mol. The smallest absolute Gasteiger partial charge is 0.0117 e. The van der Waals surface area contributed by atoms with Gasteiger partial charge in [-0.05, 0) is 25.8 Å². The molecule has 2 heteroatoms. The lowest BCUT2D eigenvalue weighted by Crippen LogP contribution is -2.27. The van der Waals surface area contributed by atoms with Gasteiger partial charge in [-0.2, -0.15) is 0 Å². The molecule has 2 nitrogen and oxygen atoms in total. The standard InChI is InChI=1S/C16H30N2/c1-6-9-11-16(12-10-7-2)18-15(5)14(4)13-17-8-3/h6,12,14,17-18H,1,5,7-11,13H2,2-4H3/b16-12-. The number of unbranched alkanes of at least 4 members (excludes halogenated alkanes) is 1. The number of allylic oxidation sites excluding steroid dienone is 3. The topological polar surface area (TPSA) is 24.1 Å². The lowest BCUT2D eigenvalue weighted by atomic mass is 10.1. The van der Waals surface area contributed by atoms with Gasteiger partial charge in [0.25, 0.3) is 0 Å². The Labute approximate surface area is 113 Å². The monoisotopic (exact) mass is 250 g/mol. The fourth-order valence-corrected chi connectivity index (χ4v) is 1.61. The molecule has 2 N–H and O–H groups in total. The lowest BCUT2D eigenvalue weighted by Gasteiger charge is -2.19. The van der Waals surface area contributed by atoms with Crippen molar-refractivity contribution in [2.45, 2.75) is 46.5 Å². The van der Waals surface area contributed by atoms with Crippen LogP contribution in [-0.4, -0.2) is 13.1 Å². The molecule has 104 valence electrons. The Kier molecular flexibility index (Phi) is 10.5.